The van der Waals surface area contributed by atoms with Gasteiger partial charge in [-0.2, -0.15) is 0 Å². The Kier molecular flexibility index (Phi) is 6.32. The van der Waals surface area contributed by atoms with Crippen LogP contribution in [0.1, 0.15) is 34.6 Å². The number of hydrogen-bond donors (Lipinski definition) is 2. The molecule has 4 nitrogen and oxygen atoms in total. The molecule has 0 bridgehead atoms. The van der Waals surface area contributed by atoms with Crippen molar-refractivity contribution < 1.29 is 9.53 Å². The van der Waals surface area contributed by atoms with Crippen LogP contribution in [-0.4, -0.2) is 31.8 Å². The number of carbonyl (C=O) groups excluding carboxylic acids is 1. The summed E-state index contributed by atoms with van der Waals surface area (Å²) in [5.41, 5.74) is 0.240. The van der Waals surface area contributed by atoms with Gasteiger partial charge in [0.25, 0.3) is 0 Å². The standard InChI is InChI=1S/C11H24N2O2/c1-6-15-10(14)13-8-7-12-9(2)11(3,4)5/h9,12H,6-8H2,1-5H3,(H,13,14). The molecule has 0 aliphatic rings. The summed E-state index contributed by atoms with van der Waals surface area (Å²) in [5, 5.41) is 6.02. The van der Waals surface area contributed by atoms with Gasteiger partial charge in [-0.25, -0.2) is 4.79 Å². The van der Waals surface area contributed by atoms with Crippen LogP contribution in [0.3, 0.4) is 0 Å². The van der Waals surface area contributed by atoms with E-state index in [0.717, 1.165) is 6.54 Å². The molecule has 0 aliphatic carbocycles. The number of ether oxygens (including phenoxy) is 1. The number of hydrogen-bond acceptors (Lipinski definition) is 3. The monoisotopic (exact) mass is 216 g/mol. The highest BCUT2D eigenvalue weighted by atomic mass is 16.5. The molecular formula is C11H24N2O2. The third-order valence-corrected chi connectivity index (χ3v) is 2.42. The molecule has 0 aromatic rings. The van der Waals surface area contributed by atoms with Crippen LogP contribution in [0.5, 0.6) is 0 Å². The van der Waals surface area contributed by atoms with Crippen LogP contribution in [0.4, 0.5) is 4.79 Å². The van der Waals surface area contributed by atoms with E-state index in [-0.39, 0.29) is 11.5 Å². The molecule has 0 heterocycles. The van der Waals surface area contributed by atoms with Crippen LogP contribution in [-0.2, 0) is 4.74 Å². The quantitative estimate of drug-likeness (QED) is 0.688. The predicted molar refractivity (Wildman–Crippen MR) is 61.9 cm³/mol. The summed E-state index contributed by atoms with van der Waals surface area (Å²) < 4.78 is 4.74. The van der Waals surface area contributed by atoms with Gasteiger partial charge >= 0.3 is 6.09 Å². The van der Waals surface area contributed by atoms with Gasteiger partial charge in [0.2, 0.25) is 0 Å². The van der Waals surface area contributed by atoms with E-state index in [0.29, 0.717) is 19.2 Å². The van der Waals surface area contributed by atoms with E-state index in [1.165, 1.54) is 0 Å². The molecule has 0 rings (SSSR count). The van der Waals surface area contributed by atoms with Gasteiger partial charge in [0.1, 0.15) is 0 Å². The Morgan fingerprint density at radius 2 is 1.93 bits per heavy atom. The molecule has 90 valence electrons. The second kappa shape index (κ2) is 6.67. The van der Waals surface area contributed by atoms with Crippen LogP contribution >= 0.6 is 0 Å². The molecule has 0 radical (unpaired) electrons. The average molecular weight is 216 g/mol. The van der Waals surface area contributed by atoms with Gasteiger partial charge in [0.15, 0.2) is 0 Å². The lowest BCUT2D eigenvalue weighted by molar-refractivity contribution is 0.152. The second-order valence-electron chi connectivity index (χ2n) is 4.69. The van der Waals surface area contributed by atoms with Gasteiger partial charge < -0.3 is 15.4 Å². The zero-order valence-electron chi connectivity index (χ0n) is 10.5. The third kappa shape index (κ3) is 7.19. The van der Waals surface area contributed by atoms with Gasteiger partial charge in [-0.1, -0.05) is 20.8 Å². The minimum atomic E-state index is -0.345. The zero-order chi connectivity index (χ0) is 11.9. The van der Waals surface area contributed by atoms with E-state index in [1.54, 1.807) is 6.92 Å². The first-order chi connectivity index (χ1) is 6.88. The SMILES string of the molecule is CCOC(=O)NCCNC(C)C(C)(C)C. The van der Waals surface area contributed by atoms with E-state index >= 15 is 0 Å². The molecule has 15 heavy (non-hydrogen) atoms. The van der Waals surface area contributed by atoms with E-state index in [4.69, 9.17) is 4.74 Å². The molecular weight excluding hydrogens is 192 g/mol. The van der Waals surface area contributed by atoms with Crippen molar-refractivity contribution in [3.05, 3.63) is 0 Å². The Bertz CT molecular complexity index is 188. The van der Waals surface area contributed by atoms with Crippen molar-refractivity contribution in [3.8, 4) is 0 Å². The van der Waals surface area contributed by atoms with Gasteiger partial charge in [-0.05, 0) is 19.3 Å². The maximum atomic E-state index is 10.9. The first kappa shape index (κ1) is 14.2. The minimum Gasteiger partial charge on any atom is -0.450 e. The molecule has 2 N–H and O–H groups in total. The Morgan fingerprint density at radius 1 is 1.33 bits per heavy atom. The third-order valence-electron chi connectivity index (χ3n) is 2.42. The first-order valence-electron chi connectivity index (χ1n) is 5.52. The Labute approximate surface area is 92.8 Å². The van der Waals surface area contributed by atoms with Crippen LogP contribution in [0.15, 0.2) is 0 Å². The first-order valence-corrected chi connectivity index (χ1v) is 5.52. The Hall–Kier alpha value is -0.770. The van der Waals surface area contributed by atoms with E-state index in [9.17, 15) is 4.79 Å². The lowest BCUT2D eigenvalue weighted by Gasteiger charge is -2.28. The summed E-state index contributed by atoms with van der Waals surface area (Å²) in [6, 6.07) is 0.418. The molecule has 1 unspecified atom stereocenters. The van der Waals surface area contributed by atoms with Gasteiger partial charge in [0, 0.05) is 19.1 Å². The second-order valence-corrected chi connectivity index (χ2v) is 4.69. The van der Waals surface area contributed by atoms with Gasteiger partial charge in [0.05, 0.1) is 6.61 Å². The molecule has 0 aromatic carbocycles. The maximum absolute atomic E-state index is 10.9. The molecule has 0 saturated carbocycles. The summed E-state index contributed by atoms with van der Waals surface area (Å²) in [6.45, 7) is 12.3. The summed E-state index contributed by atoms with van der Waals surface area (Å²) in [7, 11) is 0. The molecule has 1 amide bonds. The minimum absolute atomic E-state index is 0.240. The van der Waals surface area contributed by atoms with E-state index in [1.807, 2.05) is 0 Å². The fraction of sp³-hybridized carbons (Fsp3) is 0.909. The van der Waals surface area contributed by atoms with Crippen LogP contribution in [0.2, 0.25) is 0 Å². The highest BCUT2D eigenvalue weighted by Gasteiger charge is 2.18. The van der Waals surface area contributed by atoms with Crippen molar-refractivity contribution >= 4 is 6.09 Å². The largest absolute Gasteiger partial charge is 0.450 e. The fourth-order valence-corrected chi connectivity index (χ4v) is 0.942. The van der Waals surface area contributed by atoms with Crippen LogP contribution in [0, 0.1) is 5.41 Å². The van der Waals surface area contributed by atoms with Crippen LogP contribution in [0.25, 0.3) is 0 Å². The van der Waals surface area contributed by atoms with Crippen molar-refractivity contribution in [1.29, 1.82) is 0 Å². The Morgan fingerprint density at radius 3 is 2.40 bits per heavy atom. The van der Waals surface area contributed by atoms with Crippen molar-refractivity contribution in [1.82, 2.24) is 10.6 Å². The van der Waals surface area contributed by atoms with Crippen LogP contribution < -0.4 is 10.6 Å². The molecule has 0 aromatic heterocycles. The van der Waals surface area contributed by atoms with Crippen molar-refractivity contribution in [2.45, 2.75) is 40.7 Å². The zero-order valence-corrected chi connectivity index (χ0v) is 10.5. The number of nitrogens with one attached hydrogen (secondary N) is 2. The van der Waals surface area contributed by atoms with Crippen molar-refractivity contribution in [2.24, 2.45) is 5.41 Å². The highest BCUT2D eigenvalue weighted by molar-refractivity contribution is 5.66. The predicted octanol–water partition coefficient (Wildman–Crippen LogP) is 1.76. The highest BCUT2D eigenvalue weighted by Crippen LogP contribution is 2.17. The molecule has 0 fully saturated rings. The van der Waals surface area contributed by atoms with E-state index in [2.05, 4.69) is 38.3 Å². The lowest BCUT2D eigenvalue weighted by atomic mass is 9.88. The van der Waals surface area contributed by atoms with E-state index < -0.39 is 0 Å². The van der Waals surface area contributed by atoms with Gasteiger partial charge in [-0.15, -0.1) is 0 Å². The normalized spacial score (nSPS) is 13.4. The maximum Gasteiger partial charge on any atom is 0.407 e. The molecule has 0 saturated heterocycles. The lowest BCUT2D eigenvalue weighted by Crippen LogP contribution is -2.41. The topological polar surface area (TPSA) is 50.4 Å². The molecule has 0 spiro atoms. The average Bonchev–Trinajstić information content (AvgIpc) is 2.11. The fourth-order valence-electron chi connectivity index (χ4n) is 0.942. The smallest absolute Gasteiger partial charge is 0.407 e. The number of amides is 1. The number of carbonyl (C=O) groups is 1. The van der Waals surface area contributed by atoms with Crippen molar-refractivity contribution in [2.75, 3.05) is 19.7 Å². The number of alkyl carbamates (subject to hydrolysis) is 1. The summed E-state index contributed by atoms with van der Waals surface area (Å²) in [6.07, 6.45) is -0.345. The van der Waals surface area contributed by atoms with Gasteiger partial charge in [-0.3, -0.25) is 0 Å². The summed E-state index contributed by atoms with van der Waals surface area (Å²) >= 11 is 0. The number of rotatable bonds is 5. The molecule has 0 aliphatic heterocycles. The summed E-state index contributed by atoms with van der Waals surface area (Å²) in [5.74, 6) is 0. The molecule has 4 heteroatoms. The van der Waals surface area contributed by atoms with Crippen molar-refractivity contribution in [3.63, 3.8) is 0 Å². The molecule has 1 atom stereocenters. The summed E-state index contributed by atoms with van der Waals surface area (Å²) in [4.78, 5) is 10.9. The Balaban J connectivity index is 3.51.